The van der Waals surface area contributed by atoms with Crippen LogP contribution in [0.5, 0.6) is 0 Å². The normalized spacial score (nSPS) is 11.9. The number of hydrogen-bond acceptors (Lipinski definition) is 2. The van der Waals surface area contributed by atoms with E-state index in [1.807, 2.05) is 25.1 Å². The van der Waals surface area contributed by atoms with Gasteiger partial charge in [-0.05, 0) is 19.1 Å². The fourth-order valence-electron chi connectivity index (χ4n) is 0.971. The maximum atomic E-state index is 4.22. The lowest BCUT2D eigenvalue weighted by Gasteiger charge is -1.98. The Morgan fingerprint density at radius 3 is 2.69 bits per heavy atom. The average Bonchev–Trinajstić information content (AvgIpc) is 2.21. The van der Waals surface area contributed by atoms with Gasteiger partial charge in [-0.15, -0.1) is 0 Å². The van der Waals surface area contributed by atoms with E-state index in [1.165, 1.54) is 0 Å². The summed E-state index contributed by atoms with van der Waals surface area (Å²) in [6, 6.07) is 3.85. The third-order valence-corrected chi connectivity index (χ3v) is 1.57. The van der Waals surface area contributed by atoms with Crippen LogP contribution in [0.4, 0.5) is 0 Å². The molecular weight excluding hydrogens is 160 g/mol. The summed E-state index contributed by atoms with van der Waals surface area (Å²) < 4.78 is 0. The number of allylic oxidation sites excluding steroid dienone is 2. The zero-order valence-electron chi connectivity index (χ0n) is 7.64. The summed E-state index contributed by atoms with van der Waals surface area (Å²) in [6.07, 6.45) is 8.79. The number of hydrogen-bond donors (Lipinski definition) is 0. The molecule has 0 aromatic carbocycles. The first-order valence-electron chi connectivity index (χ1n) is 4.10. The summed E-state index contributed by atoms with van der Waals surface area (Å²) >= 11 is 0. The first kappa shape index (κ1) is 9.39. The summed E-state index contributed by atoms with van der Waals surface area (Å²) in [7, 11) is 0. The molecule has 2 heteroatoms. The Morgan fingerprint density at radius 1 is 1.46 bits per heavy atom. The van der Waals surface area contributed by atoms with Crippen molar-refractivity contribution in [1.29, 1.82) is 0 Å². The number of aliphatic imine (C=N–C) groups is 1. The second-order valence-electron chi connectivity index (χ2n) is 2.42. The summed E-state index contributed by atoms with van der Waals surface area (Å²) in [5.74, 6) is 0. The molecule has 0 aliphatic heterocycles. The summed E-state index contributed by atoms with van der Waals surface area (Å²) in [5.41, 5.74) is 2.00. The van der Waals surface area contributed by atoms with Crippen LogP contribution in [-0.2, 0) is 0 Å². The zero-order chi connectivity index (χ0) is 9.52. The third kappa shape index (κ3) is 2.67. The van der Waals surface area contributed by atoms with Gasteiger partial charge in [-0.2, -0.15) is 0 Å². The Balaban J connectivity index is 2.92. The van der Waals surface area contributed by atoms with E-state index in [-0.39, 0.29) is 0 Å². The minimum absolute atomic E-state index is 0.933. The van der Waals surface area contributed by atoms with Crippen molar-refractivity contribution in [1.82, 2.24) is 4.98 Å². The fourth-order valence-corrected chi connectivity index (χ4v) is 0.971. The van der Waals surface area contributed by atoms with Crippen LogP contribution < -0.4 is 0 Å². The average molecular weight is 172 g/mol. The molecule has 0 saturated carbocycles. The molecule has 1 aromatic heterocycles. The van der Waals surface area contributed by atoms with Gasteiger partial charge in [-0.1, -0.05) is 18.7 Å². The van der Waals surface area contributed by atoms with Gasteiger partial charge in [0.2, 0.25) is 0 Å². The van der Waals surface area contributed by atoms with Crippen molar-refractivity contribution in [2.75, 3.05) is 0 Å². The van der Waals surface area contributed by atoms with E-state index >= 15 is 0 Å². The molecule has 2 nitrogen and oxygen atoms in total. The van der Waals surface area contributed by atoms with E-state index in [9.17, 15) is 0 Å². The van der Waals surface area contributed by atoms with Gasteiger partial charge in [-0.3, -0.25) is 9.98 Å². The molecule has 0 radical (unpaired) electrons. The van der Waals surface area contributed by atoms with Crippen LogP contribution in [0.3, 0.4) is 0 Å². The number of pyridine rings is 1. The third-order valence-electron chi connectivity index (χ3n) is 1.57. The van der Waals surface area contributed by atoms with Crippen molar-refractivity contribution in [3.8, 4) is 0 Å². The van der Waals surface area contributed by atoms with Crippen LogP contribution in [0.2, 0.25) is 0 Å². The molecular formula is C11H12N2. The van der Waals surface area contributed by atoms with Crippen LogP contribution in [0.1, 0.15) is 12.5 Å². The lowest BCUT2D eigenvalue weighted by atomic mass is 10.2. The Bertz CT molecular complexity index is 323. The van der Waals surface area contributed by atoms with Gasteiger partial charge >= 0.3 is 0 Å². The molecule has 0 N–H and O–H groups in total. The Kier molecular flexibility index (Phi) is 3.64. The number of nitrogens with zero attached hydrogens (tertiary/aromatic N) is 2. The van der Waals surface area contributed by atoms with Gasteiger partial charge in [-0.25, -0.2) is 0 Å². The van der Waals surface area contributed by atoms with Crippen molar-refractivity contribution in [3.63, 3.8) is 0 Å². The minimum Gasteiger partial charge on any atom is -0.265 e. The second kappa shape index (κ2) is 5.04. The fraction of sp³-hybridized carbons (Fsp3) is 0.0909. The molecule has 1 rings (SSSR count). The van der Waals surface area contributed by atoms with Gasteiger partial charge in [0.05, 0.1) is 5.70 Å². The molecule has 1 heterocycles. The molecule has 0 bridgehead atoms. The molecule has 0 atom stereocenters. The first-order valence-corrected chi connectivity index (χ1v) is 4.10. The predicted octanol–water partition coefficient (Wildman–Crippen LogP) is 2.70. The number of rotatable bonds is 3. The molecule has 13 heavy (non-hydrogen) atoms. The highest BCUT2D eigenvalue weighted by atomic mass is 14.7. The molecule has 0 spiro atoms. The molecule has 0 fully saturated rings. The second-order valence-corrected chi connectivity index (χ2v) is 2.42. The van der Waals surface area contributed by atoms with E-state index in [0.29, 0.717) is 0 Å². The SMILES string of the molecule is C=C/C=N\C(=C/C)c1ccncc1. The van der Waals surface area contributed by atoms with Crippen LogP contribution in [-0.4, -0.2) is 11.2 Å². The maximum Gasteiger partial charge on any atom is 0.0660 e. The van der Waals surface area contributed by atoms with Crippen LogP contribution >= 0.6 is 0 Å². The number of aromatic nitrogens is 1. The van der Waals surface area contributed by atoms with E-state index in [4.69, 9.17) is 0 Å². The molecule has 0 amide bonds. The van der Waals surface area contributed by atoms with Crippen LogP contribution in [0, 0.1) is 0 Å². The highest BCUT2D eigenvalue weighted by Crippen LogP contribution is 2.13. The van der Waals surface area contributed by atoms with Crippen molar-refractivity contribution in [3.05, 3.63) is 48.8 Å². The Labute approximate surface area is 78.4 Å². The van der Waals surface area contributed by atoms with E-state index < -0.39 is 0 Å². The summed E-state index contributed by atoms with van der Waals surface area (Å²) in [4.78, 5) is 8.16. The van der Waals surface area contributed by atoms with Gasteiger partial charge in [0.25, 0.3) is 0 Å². The lowest BCUT2D eigenvalue weighted by Crippen LogP contribution is -1.81. The molecule has 0 unspecified atom stereocenters. The molecule has 0 aliphatic carbocycles. The smallest absolute Gasteiger partial charge is 0.0660 e. The van der Waals surface area contributed by atoms with Gasteiger partial charge in [0, 0.05) is 24.2 Å². The minimum atomic E-state index is 0.933. The standard InChI is InChI=1S/C11H12N2/c1-3-7-13-11(4-2)10-5-8-12-9-6-10/h3-9H,1H2,2H3/b11-4-,13-7-. The van der Waals surface area contributed by atoms with Crippen molar-refractivity contribution >= 4 is 11.9 Å². The Morgan fingerprint density at radius 2 is 2.15 bits per heavy atom. The quantitative estimate of drug-likeness (QED) is 0.643. The molecule has 66 valence electrons. The Hall–Kier alpha value is -1.70. The summed E-state index contributed by atoms with van der Waals surface area (Å²) in [6.45, 7) is 5.53. The van der Waals surface area contributed by atoms with Crippen LogP contribution in [0.25, 0.3) is 5.70 Å². The van der Waals surface area contributed by atoms with Crippen molar-refractivity contribution in [2.45, 2.75) is 6.92 Å². The predicted molar refractivity (Wildman–Crippen MR) is 56.6 cm³/mol. The molecule has 0 saturated heterocycles. The van der Waals surface area contributed by atoms with E-state index in [0.717, 1.165) is 11.3 Å². The van der Waals surface area contributed by atoms with Gasteiger partial charge < -0.3 is 0 Å². The molecule has 0 aliphatic rings. The zero-order valence-corrected chi connectivity index (χ0v) is 7.64. The van der Waals surface area contributed by atoms with Gasteiger partial charge in [0.15, 0.2) is 0 Å². The topological polar surface area (TPSA) is 25.2 Å². The van der Waals surface area contributed by atoms with Gasteiger partial charge in [0.1, 0.15) is 0 Å². The largest absolute Gasteiger partial charge is 0.265 e. The first-order chi connectivity index (χ1) is 6.38. The molecule has 1 aromatic rings. The van der Waals surface area contributed by atoms with E-state index in [1.54, 1.807) is 24.7 Å². The van der Waals surface area contributed by atoms with E-state index in [2.05, 4.69) is 16.6 Å². The summed E-state index contributed by atoms with van der Waals surface area (Å²) in [5, 5.41) is 0. The van der Waals surface area contributed by atoms with Crippen molar-refractivity contribution in [2.24, 2.45) is 4.99 Å². The van der Waals surface area contributed by atoms with Crippen molar-refractivity contribution < 1.29 is 0 Å². The lowest BCUT2D eigenvalue weighted by molar-refractivity contribution is 1.31. The van der Waals surface area contributed by atoms with Crippen LogP contribution in [0.15, 0.2) is 48.2 Å². The monoisotopic (exact) mass is 172 g/mol. The maximum absolute atomic E-state index is 4.22. The highest BCUT2D eigenvalue weighted by Gasteiger charge is 1.94. The highest BCUT2D eigenvalue weighted by molar-refractivity contribution is 5.79.